The van der Waals surface area contributed by atoms with E-state index in [0.29, 0.717) is 16.2 Å². The van der Waals surface area contributed by atoms with Crippen molar-refractivity contribution in [2.75, 3.05) is 5.73 Å². The average Bonchev–Trinajstić information content (AvgIpc) is 2.84. The minimum absolute atomic E-state index is 0.113. The van der Waals surface area contributed by atoms with Gasteiger partial charge < -0.3 is 10.7 Å². The first-order valence-electron chi connectivity index (χ1n) is 5.21. The number of benzene rings is 1. The molecule has 19 heavy (non-hydrogen) atoms. The highest BCUT2D eigenvalue weighted by molar-refractivity contribution is 7.99. The Balaban J connectivity index is 2.08. The number of nitrogens with two attached hydrogens (primary N) is 1. The van der Waals surface area contributed by atoms with Crippen LogP contribution in [-0.4, -0.2) is 19.9 Å². The van der Waals surface area contributed by atoms with Crippen molar-refractivity contribution in [3.05, 3.63) is 36.4 Å². The van der Waals surface area contributed by atoms with Gasteiger partial charge in [-0.2, -0.15) is 0 Å². The summed E-state index contributed by atoms with van der Waals surface area (Å²) in [6.45, 7) is 0. The van der Waals surface area contributed by atoms with E-state index in [4.69, 9.17) is 5.73 Å². The largest absolute Gasteiger partial charge is 0.395 e. The molecular weight excluding hydrogens is 272 g/mol. The first kappa shape index (κ1) is 11.8. The molecule has 0 fully saturated rings. The van der Waals surface area contributed by atoms with Gasteiger partial charge in [-0.1, -0.05) is 11.8 Å². The first-order valence-corrected chi connectivity index (χ1v) is 6.03. The maximum absolute atomic E-state index is 13.4. The Bertz CT molecular complexity index is 758. The van der Waals surface area contributed by atoms with Crippen LogP contribution in [0.2, 0.25) is 0 Å². The molecule has 0 bridgehead atoms. The second-order valence-corrected chi connectivity index (χ2v) is 4.71. The van der Waals surface area contributed by atoms with Crippen molar-refractivity contribution in [1.29, 1.82) is 0 Å². The molecule has 0 saturated heterocycles. The van der Waals surface area contributed by atoms with Crippen LogP contribution in [0.5, 0.6) is 0 Å². The van der Waals surface area contributed by atoms with Crippen molar-refractivity contribution in [1.82, 2.24) is 19.9 Å². The van der Waals surface area contributed by atoms with Gasteiger partial charge in [-0.15, -0.1) is 0 Å². The van der Waals surface area contributed by atoms with Crippen molar-refractivity contribution in [2.45, 2.75) is 9.92 Å². The van der Waals surface area contributed by atoms with E-state index in [2.05, 4.69) is 19.9 Å². The summed E-state index contributed by atoms with van der Waals surface area (Å²) in [7, 11) is 0. The highest BCUT2D eigenvalue weighted by Crippen LogP contribution is 2.35. The van der Waals surface area contributed by atoms with Crippen LogP contribution in [0.4, 0.5) is 14.5 Å². The second-order valence-electron chi connectivity index (χ2n) is 3.68. The van der Waals surface area contributed by atoms with Crippen LogP contribution in [0.1, 0.15) is 0 Å². The topological polar surface area (TPSA) is 80.5 Å². The van der Waals surface area contributed by atoms with Gasteiger partial charge in [0, 0.05) is 11.0 Å². The Morgan fingerprint density at radius 1 is 1.16 bits per heavy atom. The predicted octanol–water partition coefficient (Wildman–Crippen LogP) is 2.36. The van der Waals surface area contributed by atoms with Gasteiger partial charge in [0.15, 0.2) is 5.65 Å². The van der Waals surface area contributed by atoms with E-state index < -0.39 is 11.6 Å². The molecule has 1 aromatic carbocycles. The number of imidazole rings is 1. The lowest BCUT2D eigenvalue weighted by molar-refractivity contribution is 0.581. The van der Waals surface area contributed by atoms with E-state index >= 15 is 0 Å². The number of nitrogen functional groups attached to an aromatic ring is 1. The highest BCUT2D eigenvalue weighted by Gasteiger charge is 2.13. The number of fused-ring (bicyclic) bond motifs is 1. The lowest BCUT2D eigenvalue weighted by Crippen LogP contribution is -1.96. The Morgan fingerprint density at radius 3 is 2.84 bits per heavy atom. The molecule has 0 saturated carbocycles. The minimum Gasteiger partial charge on any atom is -0.395 e. The molecule has 3 N–H and O–H groups in total. The van der Waals surface area contributed by atoms with Crippen LogP contribution in [-0.2, 0) is 0 Å². The van der Waals surface area contributed by atoms with Gasteiger partial charge in [0.1, 0.15) is 28.5 Å². The van der Waals surface area contributed by atoms with Gasteiger partial charge in [-0.05, 0) is 6.07 Å². The van der Waals surface area contributed by atoms with Gasteiger partial charge >= 0.3 is 0 Å². The van der Waals surface area contributed by atoms with Crippen molar-refractivity contribution in [3.8, 4) is 0 Å². The maximum atomic E-state index is 13.4. The SMILES string of the molecule is Nc1c(F)cc(F)cc1Sc1ncnc2nc[nH]c12. The van der Waals surface area contributed by atoms with Crippen molar-refractivity contribution in [2.24, 2.45) is 0 Å². The summed E-state index contributed by atoms with van der Waals surface area (Å²) in [5, 5.41) is 0.499. The van der Waals surface area contributed by atoms with Gasteiger partial charge in [0.05, 0.1) is 12.0 Å². The lowest BCUT2D eigenvalue weighted by atomic mass is 10.3. The number of nitrogens with one attached hydrogen (secondary N) is 1. The van der Waals surface area contributed by atoms with Gasteiger partial charge in [-0.25, -0.2) is 23.7 Å². The molecule has 0 aliphatic heterocycles. The van der Waals surface area contributed by atoms with Crippen LogP contribution in [0.25, 0.3) is 11.2 Å². The number of anilines is 1. The third kappa shape index (κ3) is 2.10. The molecule has 0 amide bonds. The van der Waals surface area contributed by atoms with E-state index in [1.165, 1.54) is 12.7 Å². The fourth-order valence-corrected chi connectivity index (χ4v) is 2.51. The van der Waals surface area contributed by atoms with Crippen molar-refractivity contribution < 1.29 is 8.78 Å². The van der Waals surface area contributed by atoms with Crippen LogP contribution in [0.15, 0.2) is 34.7 Å². The lowest BCUT2D eigenvalue weighted by Gasteiger charge is -2.06. The molecule has 2 aromatic heterocycles. The summed E-state index contributed by atoms with van der Waals surface area (Å²) in [5.74, 6) is -1.48. The minimum atomic E-state index is -0.794. The number of hydrogen-bond donors (Lipinski definition) is 2. The fraction of sp³-hybridized carbons (Fsp3) is 0. The smallest absolute Gasteiger partial charge is 0.181 e. The summed E-state index contributed by atoms with van der Waals surface area (Å²) in [6, 6.07) is 1.90. The van der Waals surface area contributed by atoms with E-state index in [1.54, 1.807) is 0 Å². The standard InChI is InChI=1S/C11H7F2N5S/c12-5-1-6(13)8(14)7(2-5)19-11-9-10(16-3-15-9)17-4-18-11/h1-4H,14H2,(H,15,16,17,18). The fourth-order valence-electron chi connectivity index (χ4n) is 1.57. The number of aromatic amines is 1. The zero-order valence-electron chi connectivity index (χ0n) is 9.39. The molecule has 2 heterocycles. The number of nitrogens with zero attached hydrogens (tertiary/aromatic N) is 3. The quantitative estimate of drug-likeness (QED) is 0.556. The molecule has 0 radical (unpaired) electrons. The van der Waals surface area contributed by atoms with Gasteiger partial charge in [-0.3, -0.25) is 0 Å². The van der Waals surface area contributed by atoms with Crippen molar-refractivity contribution >= 4 is 28.6 Å². The number of aromatic nitrogens is 4. The predicted molar refractivity (Wildman–Crippen MR) is 66.6 cm³/mol. The first-order chi connectivity index (χ1) is 9.15. The average molecular weight is 279 g/mol. The normalized spacial score (nSPS) is 11.1. The molecule has 0 atom stereocenters. The number of halogens is 2. The van der Waals surface area contributed by atoms with E-state index in [9.17, 15) is 8.78 Å². The van der Waals surface area contributed by atoms with Crippen LogP contribution in [0, 0.1) is 11.6 Å². The molecule has 0 spiro atoms. The molecule has 5 nitrogen and oxygen atoms in total. The number of H-pyrrole nitrogens is 1. The third-order valence-electron chi connectivity index (χ3n) is 2.45. The number of rotatable bonds is 2. The highest BCUT2D eigenvalue weighted by atomic mass is 32.2. The second kappa shape index (κ2) is 4.47. The molecule has 0 aliphatic carbocycles. The number of hydrogen-bond acceptors (Lipinski definition) is 5. The molecule has 3 rings (SSSR count). The Hall–Kier alpha value is -2.22. The zero-order chi connectivity index (χ0) is 13.4. The Kier molecular flexibility index (Phi) is 2.79. The molecular formula is C11H7F2N5S. The van der Waals surface area contributed by atoms with E-state index in [-0.39, 0.29) is 10.6 Å². The van der Waals surface area contributed by atoms with Crippen LogP contribution >= 0.6 is 11.8 Å². The molecule has 8 heteroatoms. The molecule has 0 unspecified atom stereocenters. The third-order valence-corrected chi connectivity index (χ3v) is 3.51. The summed E-state index contributed by atoms with van der Waals surface area (Å²) in [5.41, 5.74) is 6.55. The van der Waals surface area contributed by atoms with Gasteiger partial charge in [0.25, 0.3) is 0 Å². The monoisotopic (exact) mass is 279 g/mol. The van der Waals surface area contributed by atoms with E-state index in [1.807, 2.05) is 0 Å². The maximum Gasteiger partial charge on any atom is 0.181 e. The zero-order valence-corrected chi connectivity index (χ0v) is 10.2. The van der Waals surface area contributed by atoms with E-state index in [0.717, 1.165) is 23.9 Å². The Labute approximate surface area is 110 Å². The Morgan fingerprint density at radius 2 is 2.00 bits per heavy atom. The van der Waals surface area contributed by atoms with Crippen molar-refractivity contribution in [3.63, 3.8) is 0 Å². The summed E-state index contributed by atoms with van der Waals surface area (Å²) in [6.07, 6.45) is 2.80. The molecule has 0 aliphatic rings. The summed E-state index contributed by atoms with van der Waals surface area (Å²) < 4.78 is 26.6. The molecule has 96 valence electrons. The van der Waals surface area contributed by atoms with Gasteiger partial charge in [0.2, 0.25) is 0 Å². The van der Waals surface area contributed by atoms with Crippen LogP contribution in [0.3, 0.4) is 0 Å². The molecule has 3 aromatic rings. The summed E-state index contributed by atoms with van der Waals surface area (Å²) >= 11 is 1.05. The van der Waals surface area contributed by atoms with Crippen LogP contribution < -0.4 is 5.73 Å². The summed E-state index contributed by atoms with van der Waals surface area (Å²) in [4.78, 5) is 15.1.